The van der Waals surface area contributed by atoms with Gasteiger partial charge in [-0.2, -0.15) is 5.10 Å². The van der Waals surface area contributed by atoms with Crippen molar-refractivity contribution in [3.05, 3.63) is 27.8 Å². The van der Waals surface area contributed by atoms with Crippen molar-refractivity contribution in [3.63, 3.8) is 0 Å². The molecule has 0 spiro atoms. The molecule has 23 heavy (non-hydrogen) atoms. The van der Waals surface area contributed by atoms with Gasteiger partial charge in [-0.15, -0.1) is 11.3 Å². The van der Waals surface area contributed by atoms with E-state index in [2.05, 4.69) is 41.3 Å². The molecule has 0 aliphatic rings. The smallest absolute Gasteiger partial charge is 0.231 e. The second kappa shape index (κ2) is 7.23. The van der Waals surface area contributed by atoms with Gasteiger partial charge in [0.25, 0.3) is 0 Å². The summed E-state index contributed by atoms with van der Waals surface area (Å²) in [5, 5.41) is 12.7. The molecule has 0 saturated carbocycles. The first-order valence-corrected chi connectivity index (χ1v) is 8.59. The lowest BCUT2D eigenvalue weighted by Gasteiger charge is -2.14. The van der Waals surface area contributed by atoms with Crippen molar-refractivity contribution in [2.75, 3.05) is 11.9 Å². The van der Waals surface area contributed by atoms with Crippen LogP contribution < -0.4 is 5.32 Å². The maximum absolute atomic E-state index is 12.1. The Morgan fingerprint density at radius 1 is 1.48 bits per heavy atom. The van der Waals surface area contributed by atoms with Crippen LogP contribution in [0.5, 0.6) is 0 Å². The van der Waals surface area contributed by atoms with Crippen molar-refractivity contribution in [3.8, 4) is 0 Å². The molecule has 2 rings (SSSR count). The zero-order chi connectivity index (χ0) is 17.0. The molecule has 0 radical (unpaired) electrons. The monoisotopic (exact) mass is 336 g/mol. The first-order valence-electron chi connectivity index (χ1n) is 7.71. The summed E-state index contributed by atoms with van der Waals surface area (Å²) in [5.41, 5.74) is 1.70. The van der Waals surface area contributed by atoms with Crippen LogP contribution in [0.1, 0.15) is 57.1 Å². The summed E-state index contributed by atoms with van der Waals surface area (Å²) in [6.07, 6.45) is 0.190. The summed E-state index contributed by atoms with van der Waals surface area (Å²) in [5.74, 6) is 0.413. The van der Waals surface area contributed by atoms with E-state index in [1.54, 1.807) is 0 Å². The zero-order valence-electron chi connectivity index (χ0n) is 14.3. The van der Waals surface area contributed by atoms with Gasteiger partial charge in [-0.05, 0) is 13.8 Å². The van der Waals surface area contributed by atoms with Crippen LogP contribution in [0.2, 0.25) is 0 Å². The van der Waals surface area contributed by atoms with Crippen LogP contribution in [0.4, 0.5) is 5.82 Å². The van der Waals surface area contributed by atoms with E-state index in [9.17, 15) is 4.79 Å². The van der Waals surface area contributed by atoms with E-state index < -0.39 is 0 Å². The molecule has 2 aromatic heterocycles. The predicted molar refractivity (Wildman–Crippen MR) is 91.8 cm³/mol. The molecule has 1 amide bonds. The minimum absolute atomic E-state index is 0.0325. The topological polar surface area (TPSA) is 79.9 Å². The molecule has 1 atom stereocenters. The molecule has 2 heterocycles. The Balaban J connectivity index is 1.93. The lowest BCUT2D eigenvalue weighted by Crippen LogP contribution is -2.15. The van der Waals surface area contributed by atoms with Gasteiger partial charge in [-0.25, -0.2) is 4.98 Å². The Labute approximate surface area is 140 Å². The van der Waals surface area contributed by atoms with E-state index >= 15 is 0 Å². The molecule has 0 aliphatic carbocycles. The normalized spacial score (nSPS) is 13.1. The number of carbonyl (C=O) groups is 1. The number of nitrogens with zero attached hydrogens (tertiary/aromatic N) is 2. The van der Waals surface area contributed by atoms with Crippen LogP contribution in [-0.2, 0) is 21.4 Å². The molecule has 0 fully saturated rings. The van der Waals surface area contributed by atoms with Crippen molar-refractivity contribution in [2.45, 2.75) is 52.6 Å². The average Bonchev–Trinajstić information content (AvgIpc) is 3.07. The summed E-state index contributed by atoms with van der Waals surface area (Å²) < 4.78 is 5.51. The summed E-state index contributed by atoms with van der Waals surface area (Å²) in [4.78, 5) is 16.6. The Morgan fingerprint density at radius 2 is 2.22 bits per heavy atom. The summed E-state index contributed by atoms with van der Waals surface area (Å²) in [7, 11) is 0. The van der Waals surface area contributed by atoms with Crippen LogP contribution >= 0.6 is 11.3 Å². The molecule has 7 heteroatoms. The Morgan fingerprint density at radius 3 is 2.83 bits per heavy atom. The van der Waals surface area contributed by atoms with Crippen LogP contribution in [0.15, 0.2) is 11.4 Å². The lowest BCUT2D eigenvalue weighted by atomic mass is 9.92. The van der Waals surface area contributed by atoms with Crippen molar-refractivity contribution < 1.29 is 9.53 Å². The Bertz CT molecular complexity index is 657. The van der Waals surface area contributed by atoms with Crippen LogP contribution in [0.3, 0.4) is 0 Å². The van der Waals surface area contributed by atoms with E-state index in [1.165, 1.54) is 11.3 Å². The third kappa shape index (κ3) is 4.87. The fourth-order valence-electron chi connectivity index (χ4n) is 2.03. The van der Waals surface area contributed by atoms with Crippen LogP contribution in [0, 0.1) is 0 Å². The number of aromatic nitrogens is 3. The highest BCUT2D eigenvalue weighted by atomic mass is 32.1. The number of amides is 1. The number of aromatic amines is 1. The van der Waals surface area contributed by atoms with Crippen LogP contribution in [0.25, 0.3) is 0 Å². The second-order valence-corrected chi connectivity index (χ2v) is 7.31. The van der Waals surface area contributed by atoms with Gasteiger partial charge in [-0.3, -0.25) is 9.89 Å². The minimum atomic E-state index is -0.127. The van der Waals surface area contributed by atoms with Gasteiger partial charge in [0.15, 0.2) is 5.82 Å². The van der Waals surface area contributed by atoms with E-state index in [-0.39, 0.29) is 23.8 Å². The van der Waals surface area contributed by atoms with Gasteiger partial charge in [-0.1, -0.05) is 20.8 Å². The molecule has 0 aliphatic heterocycles. The number of hydrogen-bond donors (Lipinski definition) is 2. The molecule has 126 valence electrons. The van der Waals surface area contributed by atoms with E-state index in [4.69, 9.17) is 4.74 Å². The van der Waals surface area contributed by atoms with Gasteiger partial charge in [0.2, 0.25) is 5.91 Å². The third-order valence-corrected chi connectivity index (χ3v) is 4.38. The number of carbonyl (C=O) groups excluding carboxylic acids is 1. The lowest BCUT2D eigenvalue weighted by molar-refractivity contribution is -0.115. The van der Waals surface area contributed by atoms with E-state index in [0.29, 0.717) is 12.4 Å². The van der Waals surface area contributed by atoms with E-state index in [1.807, 2.05) is 25.3 Å². The number of rotatable bonds is 6. The number of thiazole rings is 1. The minimum Gasteiger partial charge on any atom is -0.372 e. The molecule has 0 saturated heterocycles. The van der Waals surface area contributed by atoms with Crippen molar-refractivity contribution >= 4 is 23.1 Å². The molecular formula is C16H24N4O2S. The van der Waals surface area contributed by atoms with Crippen molar-refractivity contribution in [1.82, 2.24) is 15.2 Å². The molecule has 6 nitrogen and oxygen atoms in total. The van der Waals surface area contributed by atoms with E-state index in [0.717, 1.165) is 16.4 Å². The Hall–Kier alpha value is -1.73. The van der Waals surface area contributed by atoms with Gasteiger partial charge in [0.05, 0.1) is 12.1 Å². The zero-order valence-corrected chi connectivity index (χ0v) is 15.1. The summed E-state index contributed by atoms with van der Waals surface area (Å²) in [6, 6.07) is 1.86. The quantitative estimate of drug-likeness (QED) is 0.847. The average molecular weight is 336 g/mol. The molecular weight excluding hydrogens is 312 g/mol. The first-order chi connectivity index (χ1) is 10.8. The van der Waals surface area contributed by atoms with Gasteiger partial charge < -0.3 is 10.1 Å². The summed E-state index contributed by atoms with van der Waals surface area (Å²) in [6.45, 7) is 10.8. The standard InChI is InChI=1S/C16H24N4O2S/c1-6-22-10(2)15-17-11(9-23-15)7-14(21)18-13-8-12(19-20-13)16(3,4)5/h8-10H,6-7H2,1-5H3,(H2,18,19,20,21)/t10-/m0/s1. The molecule has 2 aromatic rings. The SMILES string of the molecule is CCO[C@@H](C)c1nc(CC(=O)Nc2cc(C(C)(C)C)[nH]n2)cs1. The number of ether oxygens (including phenoxy) is 1. The Kier molecular flexibility index (Phi) is 5.54. The molecule has 0 aromatic carbocycles. The molecule has 0 bridgehead atoms. The largest absolute Gasteiger partial charge is 0.372 e. The molecule has 2 N–H and O–H groups in total. The highest BCUT2D eigenvalue weighted by Gasteiger charge is 2.18. The maximum Gasteiger partial charge on any atom is 0.231 e. The highest BCUT2D eigenvalue weighted by Crippen LogP contribution is 2.23. The van der Waals surface area contributed by atoms with Gasteiger partial charge in [0, 0.05) is 29.2 Å². The second-order valence-electron chi connectivity index (χ2n) is 6.42. The number of H-pyrrole nitrogens is 1. The van der Waals surface area contributed by atoms with Crippen molar-refractivity contribution in [2.24, 2.45) is 0 Å². The molecule has 0 unspecified atom stereocenters. The summed E-state index contributed by atoms with van der Waals surface area (Å²) >= 11 is 1.52. The van der Waals surface area contributed by atoms with Gasteiger partial charge >= 0.3 is 0 Å². The highest BCUT2D eigenvalue weighted by molar-refractivity contribution is 7.09. The fourth-order valence-corrected chi connectivity index (χ4v) is 2.86. The fraction of sp³-hybridized carbons (Fsp3) is 0.562. The predicted octanol–water partition coefficient (Wildman–Crippen LogP) is 3.44. The maximum atomic E-state index is 12.1. The van der Waals surface area contributed by atoms with Crippen molar-refractivity contribution in [1.29, 1.82) is 0 Å². The third-order valence-electron chi connectivity index (χ3n) is 3.33. The number of hydrogen-bond acceptors (Lipinski definition) is 5. The number of nitrogens with one attached hydrogen (secondary N) is 2. The first kappa shape index (κ1) is 17.6. The number of anilines is 1. The van der Waals surface area contributed by atoms with Crippen LogP contribution in [-0.4, -0.2) is 27.7 Å². The van der Waals surface area contributed by atoms with Gasteiger partial charge in [0.1, 0.15) is 11.1 Å².